The number of nitrogens with one attached hydrogen (secondary N) is 1. The van der Waals surface area contributed by atoms with E-state index in [4.69, 9.17) is 10.4 Å². The highest BCUT2D eigenvalue weighted by atomic mass is 16.3. The predicted molar refractivity (Wildman–Crippen MR) is 63.1 cm³/mol. The fraction of sp³-hybridized carbons (Fsp3) is 0.500. The number of anilines is 1. The monoisotopic (exact) mass is 219 g/mol. The normalized spacial score (nSPS) is 10.9. The van der Waals surface area contributed by atoms with Gasteiger partial charge < -0.3 is 10.4 Å². The zero-order valence-electron chi connectivity index (χ0n) is 9.91. The summed E-state index contributed by atoms with van der Waals surface area (Å²) < 4.78 is 0. The number of nitriles is 1. The van der Waals surface area contributed by atoms with Crippen LogP contribution in [0.1, 0.15) is 31.5 Å². The van der Waals surface area contributed by atoms with Gasteiger partial charge in [-0.3, -0.25) is 0 Å². The first-order valence-electron chi connectivity index (χ1n) is 5.25. The van der Waals surface area contributed by atoms with Crippen molar-refractivity contribution in [3.05, 3.63) is 23.4 Å². The van der Waals surface area contributed by atoms with Gasteiger partial charge in [-0.25, -0.2) is 4.98 Å². The molecular weight excluding hydrogens is 202 g/mol. The maximum atomic E-state index is 8.92. The second-order valence-electron chi connectivity index (χ2n) is 4.48. The number of nitrogens with zero attached hydrogens (tertiary/aromatic N) is 2. The van der Waals surface area contributed by atoms with Gasteiger partial charge >= 0.3 is 0 Å². The first-order chi connectivity index (χ1) is 7.46. The third-order valence-corrected chi connectivity index (χ3v) is 2.29. The van der Waals surface area contributed by atoms with Gasteiger partial charge in [-0.05, 0) is 39.3 Å². The largest absolute Gasteiger partial charge is 0.396 e. The van der Waals surface area contributed by atoms with Gasteiger partial charge in [0.25, 0.3) is 0 Å². The van der Waals surface area contributed by atoms with Crippen LogP contribution in [0.2, 0.25) is 0 Å². The number of aromatic nitrogens is 1. The Morgan fingerprint density at radius 2 is 2.19 bits per heavy atom. The molecule has 0 amide bonds. The third kappa shape index (κ3) is 3.52. The minimum absolute atomic E-state index is 0.122. The van der Waals surface area contributed by atoms with E-state index < -0.39 is 0 Å². The van der Waals surface area contributed by atoms with Gasteiger partial charge in [-0.1, -0.05) is 0 Å². The lowest BCUT2D eigenvalue weighted by atomic mass is 10.0. The maximum absolute atomic E-state index is 8.92. The molecule has 4 heteroatoms. The first-order valence-corrected chi connectivity index (χ1v) is 5.25. The van der Waals surface area contributed by atoms with E-state index in [1.165, 1.54) is 0 Å². The van der Waals surface area contributed by atoms with Crippen LogP contribution in [0.3, 0.4) is 0 Å². The van der Waals surface area contributed by atoms with Crippen molar-refractivity contribution < 1.29 is 5.11 Å². The van der Waals surface area contributed by atoms with E-state index in [2.05, 4.69) is 16.4 Å². The summed E-state index contributed by atoms with van der Waals surface area (Å²) in [5, 5.41) is 21.0. The molecule has 0 atom stereocenters. The fourth-order valence-electron chi connectivity index (χ4n) is 1.49. The minimum atomic E-state index is -0.234. The van der Waals surface area contributed by atoms with Gasteiger partial charge in [-0.15, -0.1) is 0 Å². The van der Waals surface area contributed by atoms with Crippen molar-refractivity contribution in [2.75, 3.05) is 11.9 Å². The standard InChI is InChI=1S/C12H17N3O/c1-9-6-10(8-13)7-11(14-9)15-12(2,3)4-5-16/h6-7,16H,4-5H2,1-3H3,(H,14,15). The zero-order chi connectivity index (χ0) is 12.2. The Morgan fingerprint density at radius 3 is 2.75 bits per heavy atom. The smallest absolute Gasteiger partial charge is 0.127 e. The van der Waals surface area contributed by atoms with Crippen molar-refractivity contribution >= 4 is 5.82 Å². The molecule has 0 bridgehead atoms. The van der Waals surface area contributed by atoms with Crippen LogP contribution in [-0.4, -0.2) is 22.2 Å². The lowest BCUT2D eigenvalue weighted by Gasteiger charge is -2.26. The molecule has 0 saturated heterocycles. The van der Waals surface area contributed by atoms with Crippen LogP contribution >= 0.6 is 0 Å². The van der Waals surface area contributed by atoms with Crippen LogP contribution in [0.4, 0.5) is 5.82 Å². The Morgan fingerprint density at radius 1 is 1.50 bits per heavy atom. The van der Waals surface area contributed by atoms with Crippen molar-refractivity contribution in [2.24, 2.45) is 0 Å². The summed E-state index contributed by atoms with van der Waals surface area (Å²) in [5.74, 6) is 0.676. The Kier molecular flexibility index (Phi) is 3.86. The molecular formula is C12H17N3O. The lowest BCUT2D eigenvalue weighted by molar-refractivity contribution is 0.260. The molecule has 0 aliphatic carbocycles. The van der Waals surface area contributed by atoms with Gasteiger partial charge in [-0.2, -0.15) is 5.26 Å². The molecule has 0 fully saturated rings. The van der Waals surface area contributed by atoms with Gasteiger partial charge in [0.1, 0.15) is 5.82 Å². The predicted octanol–water partition coefficient (Wildman–Crippen LogP) is 1.83. The topological polar surface area (TPSA) is 68.9 Å². The SMILES string of the molecule is Cc1cc(C#N)cc(NC(C)(C)CCO)n1. The van der Waals surface area contributed by atoms with Crippen LogP contribution < -0.4 is 5.32 Å². The van der Waals surface area contributed by atoms with Crippen molar-refractivity contribution in [3.63, 3.8) is 0 Å². The second kappa shape index (κ2) is 4.95. The summed E-state index contributed by atoms with van der Waals surface area (Å²) in [6.07, 6.45) is 0.629. The van der Waals surface area contributed by atoms with E-state index in [0.29, 0.717) is 17.8 Å². The van der Waals surface area contributed by atoms with Crippen molar-refractivity contribution in [2.45, 2.75) is 32.7 Å². The number of rotatable bonds is 4. The van der Waals surface area contributed by atoms with Crippen LogP contribution in [0.25, 0.3) is 0 Å². The van der Waals surface area contributed by atoms with E-state index in [9.17, 15) is 0 Å². The molecule has 16 heavy (non-hydrogen) atoms. The molecule has 1 aromatic rings. The van der Waals surface area contributed by atoms with Gasteiger partial charge in [0.2, 0.25) is 0 Å². The summed E-state index contributed by atoms with van der Waals surface area (Å²) in [6.45, 7) is 5.94. The van der Waals surface area contributed by atoms with E-state index in [1.54, 1.807) is 12.1 Å². The highest BCUT2D eigenvalue weighted by Gasteiger charge is 2.17. The summed E-state index contributed by atoms with van der Waals surface area (Å²) >= 11 is 0. The average Bonchev–Trinajstić information content (AvgIpc) is 2.15. The molecule has 0 unspecified atom stereocenters. The van der Waals surface area contributed by atoms with E-state index in [-0.39, 0.29) is 12.1 Å². The van der Waals surface area contributed by atoms with Crippen molar-refractivity contribution in [3.8, 4) is 6.07 Å². The molecule has 0 spiro atoms. The molecule has 86 valence electrons. The number of pyridine rings is 1. The Hall–Kier alpha value is -1.60. The van der Waals surface area contributed by atoms with E-state index in [1.807, 2.05) is 20.8 Å². The minimum Gasteiger partial charge on any atom is -0.396 e. The zero-order valence-corrected chi connectivity index (χ0v) is 9.91. The second-order valence-corrected chi connectivity index (χ2v) is 4.48. The molecule has 0 radical (unpaired) electrons. The quantitative estimate of drug-likeness (QED) is 0.810. The molecule has 4 nitrogen and oxygen atoms in total. The molecule has 2 N–H and O–H groups in total. The molecule has 0 aliphatic rings. The van der Waals surface area contributed by atoms with Crippen molar-refractivity contribution in [1.82, 2.24) is 4.98 Å². The van der Waals surface area contributed by atoms with Gasteiger partial charge in [0, 0.05) is 17.8 Å². The number of hydrogen-bond donors (Lipinski definition) is 2. The Balaban J connectivity index is 2.89. The highest BCUT2D eigenvalue weighted by Crippen LogP contribution is 2.17. The average molecular weight is 219 g/mol. The third-order valence-electron chi connectivity index (χ3n) is 2.29. The van der Waals surface area contributed by atoms with Gasteiger partial charge in [0.05, 0.1) is 11.6 Å². The number of aliphatic hydroxyl groups excluding tert-OH is 1. The molecule has 0 saturated carbocycles. The van der Waals surface area contributed by atoms with E-state index in [0.717, 1.165) is 5.69 Å². The lowest BCUT2D eigenvalue weighted by Crippen LogP contribution is -2.32. The molecule has 1 heterocycles. The Bertz CT molecular complexity index is 407. The molecule has 0 aliphatic heterocycles. The Labute approximate surface area is 95.9 Å². The molecule has 1 aromatic heterocycles. The molecule has 0 aromatic carbocycles. The highest BCUT2D eigenvalue weighted by molar-refractivity contribution is 5.45. The van der Waals surface area contributed by atoms with Crippen LogP contribution in [0.5, 0.6) is 0 Å². The van der Waals surface area contributed by atoms with Crippen LogP contribution in [0.15, 0.2) is 12.1 Å². The van der Waals surface area contributed by atoms with E-state index >= 15 is 0 Å². The summed E-state index contributed by atoms with van der Waals surface area (Å²) in [5.41, 5.74) is 1.17. The van der Waals surface area contributed by atoms with Crippen molar-refractivity contribution in [1.29, 1.82) is 5.26 Å². The van der Waals surface area contributed by atoms with Crippen LogP contribution in [0, 0.1) is 18.3 Å². The number of aliphatic hydroxyl groups is 1. The number of hydrogen-bond acceptors (Lipinski definition) is 4. The summed E-state index contributed by atoms with van der Waals surface area (Å²) in [6, 6.07) is 5.55. The fourth-order valence-corrected chi connectivity index (χ4v) is 1.49. The first kappa shape index (κ1) is 12.5. The molecule has 1 rings (SSSR count). The summed E-state index contributed by atoms with van der Waals surface area (Å²) in [4.78, 5) is 4.31. The number of aryl methyl sites for hydroxylation is 1. The maximum Gasteiger partial charge on any atom is 0.127 e. The summed E-state index contributed by atoms with van der Waals surface area (Å²) in [7, 11) is 0. The van der Waals surface area contributed by atoms with Crippen LogP contribution in [-0.2, 0) is 0 Å². The van der Waals surface area contributed by atoms with Gasteiger partial charge in [0.15, 0.2) is 0 Å².